The van der Waals surface area contributed by atoms with Crippen molar-refractivity contribution in [2.45, 2.75) is 18.6 Å². The third-order valence-corrected chi connectivity index (χ3v) is 7.10. The van der Waals surface area contributed by atoms with Gasteiger partial charge in [-0.25, -0.2) is 12.7 Å². The maximum absolute atomic E-state index is 12.8. The fourth-order valence-electron chi connectivity index (χ4n) is 3.56. The van der Waals surface area contributed by atoms with Crippen molar-refractivity contribution in [3.8, 4) is 0 Å². The fourth-order valence-corrected chi connectivity index (χ4v) is 5.12. The van der Waals surface area contributed by atoms with Gasteiger partial charge in [0.25, 0.3) is 5.91 Å². The van der Waals surface area contributed by atoms with Crippen molar-refractivity contribution in [1.29, 1.82) is 0 Å². The van der Waals surface area contributed by atoms with E-state index in [1.807, 2.05) is 18.2 Å². The van der Waals surface area contributed by atoms with Gasteiger partial charge < -0.3 is 10.6 Å². The molecule has 0 spiro atoms. The van der Waals surface area contributed by atoms with Gasteiger partial charge in [-0.2, -0.15) is 0 Å². The Labute approximate surface area is 183 Å². The van der Waals surface area contributed by atoms with Gasteiger partial charge in [-0.05, 0) is 30.5 Å². The number of amides is 2. The zero-order valence-corrected chi connectivity index (χ0v) is 18.1. The van der Waals surface area contributed by atoms with E-state index in [4.69, 9.17) is 0 Å². The number of carbonyl (C=O) groups is 2. The normalized spacial score (nSPS) is 15.2. The van der Waals surface area contributed by atoms with Crippen LogP contribution in [-0.4, -0.2) is 44.2 Å². The summed E-state index contributed by atoms with van der Waals surface area (Å²) in [5.74, 6) is -0.855. The number of benzene rings is 2. The lowest BCUT2D eigenvalue weighted by atomic mass is 9.97. The van der Waals surface area contributed by atoms with Crippen molar-refractivity contribution in [3.63, 3.8) is 0 Å². The zero-order chi connectivity index (χ0) is 22.3. The second kappa shape index (κ2) is 10.4. The standard InChI is InChI=1S/C23H27N3O4S/c1-2-14-24-23(28)20-10-6-7-11-21(20)25-22(27)19-12-15-26(16-13-19)31(29,30)17-18-8-4-3-5-9-18/h2-11,19H,1,12-17H2,(H,24,28)(H,25,27). The molecule has 1 heterocycles. The summed E-state index contributed by atoms with van der Waals surface area (Å²) in [6.07, 6.45) is 2.45. The van der Waals surface area contributed by atoms with Gasteiger partial charge in [0.1, 0.15) is 0 Å². The van der Waals surface area contributed by atoms with Crippen LogP contribution in [0.5, 0.6) is 0 Å². The van der Waals surface area contributed by atoms with E-state index in [0.29, 0.717) is 43.7 Å². The number of anilines is 1. The highest BCUT2D eigenvalue weighted by Crippen LogP contribution is 2.24. The van der Waals surface area contributed by atoms with Gasteiger partial charge in [0.2, 0.25) is 15.9 Å². The van der Waals surface area contributed by atoms with E-state index in [-0.39, 0.29) is 23.5 Å². The molecule has 3 rings (SSSR count). The molecule has 1 aliphatic rings. The van der Waals surface area contributed by atoms with Crippen molar-refractivity contribution in [1.82, 2.24) is 9.62 Å². The molecule has 0 unspecified atom stereocenters. The number of hydrogen-bond acceptors (Lipinski definition) is 4. The largest absolute Gasteiger partial charge is 0.349 e. The molecule has 7 nitrogen and oxygen atoms in total. The Morgan fingerprint density at radius 1 is 1.03 bits per heavy atom. The summed E-state index contributed by atoms with van der Waals surface area (Å²) in [6, 6.07) is 15.9. The summed E-state index contributed by atoms with van der Waals surface area (Å²) < 4.78 is 26.9. The van der Waals surface area contributed by atoms with E-state index in [1.54, 1.807) is 42.5 Å². The van der Waals surface area contributed by atoms with Crippen LogP contribution in [0.3, 0.4) is 0 Å². The summed E-state index contributed by atoms with van der Waals surface area (Å²) in [4.78, 5) is 25.1. The van der Waals surface area contributed by atoms with E-state index in [0.717, 1.165) is 5.56 Å². The molecule has 2 aromatic rings. The van der Waals surface area contributed by atoms with E-state index in [1.165, 1.54) is 4.31 Å². The predicted molar refractivity (Wildman–Crippen MR) is 121 cm³/mol. The third-order valence-electron chi connectivity index (χ3n) is 5.25. The van der Waals surface area contributed by atoms with Gasteiger partial charge >= 0.3 is 0 Å². The van der Waals surface area contributed by atoms with Crippen LogP contribution in [0.25, 0.3) is 0 Å². The molecule has 2 aromatic carbocycles. The fraction of sp³-hybridized carbons (Fsp3) is 0.304. The Hall–Kier alpha value is -2.97. The molecule has 0 aromatic heterocycles. The summed E-state index contributed by atoms with van der Waals surface area (Å²) in [6.45, 7) is 4.50. The van der Waals surface area contributed by atoms with Crippen molar-refractivity contribution in [2.75, 3.05) is 25.0 Å². The van der Waals surface area contributed by atoms with Crippen LogP contribution < -0.4 is 10.6 Å². The summed E-state index contributed by atoms with van der Waals surface area (Å²) in [5, 5.41) is 5.54. The monoisotopic (exact) mass is 441 g/mol. The number of para-hydroxylation sites is 1. The van der Waals surface area contributed by atoms with E-state index in [2.05, 4.69) is 17.2 Å². The van der Waals surface area contributed by atoms with Crippen LogP contribution in [0.2, 0.25) is 0 Å². The van der Waals surface area contributed by atoms with Gasteiger partial charge in [-0.15, -0.1) is 6.58 Å². The molecule has 0 atom stereocenters. The number of piperidine rings is 1. The Morgan fingerprint density at radius 3 is 2.35 bits per heavy atom. The van der Waals surface area contributed by atoms with E-state index in [9.17, 15) is 18.0 Å². The lowest BCUT2D eigenvalue weighted by Crippen LogP contribution is -2.42. The molecule has 0 aliphatic carbocycles. The SMILES string of the molecule is C=CCNC(=O)c1ccccc1NC(=O)C1CCN(S(=O)(=O)Cc2ccccc2)CC1. The zero-order valence-electron chi connectivity index (χ0n) is 17.3. The van der Waals surface area contributed by atoms with Crippen LogP contribution in [0.4, 0.5) is 5.69 Å². The molecular formula is C23H27N3O4S. The maximum atomic E-state index is 12.8. The van der Waals surface area contributed by atoms with Crippen molar-refractivity contribution in [2.24, 2.45) is 5.92 Å². The van der Waals surface area contributed by atoms with Crippen molar-refractivity contribution >= 4 is 27.5 Å². The second-order valence-corrected chi connectivity index (χ2v) is 9.42. The van der Waals surface area contributed by atoms with E-state index < -0.39 is 10.0 Å². The highest BCUT2D eigenvalue weighted by atomic mass is 32.2. The van der Waals surface area contributed by atoms with Crippen LogP contribution in [0, 0.1) is 5.92 Å². The first-order valence-electron chi connectivity index (χ1n) is 10.2. The Bertz CT molecular complexity index is 1030. The minimum Gasteiger partial charge on any atom is -0.349 e. The topological polar surface area (TPSA) is 95.6 Å². The number of rotatable bonds is 8. The van der Waals surface area contributed by atoms with Gasteiger partial charge in [-0.3, -0.25) is 9.59 Å². The molecule has 2 N–H and O–H groups in total. The summed E-state index contributed by atoms with van der Waals surface area (Å²) >= 11 is 0. The van der Waals surface area contributed by atoms with Gasteiger partial charge in [0.05, 0.1) is 17.0 Å². The number of nitrogens with one attached hydrogen (secondary N) is 2. The van der Waals surface area contributed by atoms with Gasteiger partial charge in [-0.1, -0.05) is 48.5 Å². The quantitative estimate of drug-likeness (QED) is 0.616. The molecule has 0 radical (unpaired) electrons. The molecule has 1 saturated heterocycles. The molecule has 1 fully saturated rings. The lowest BCUT2D eigenvalue weighted by Gasteiger charge is -2.30. The molecule has 164 valence electrons. The van der Waals surface area contributed by atoms with Crippen molar-refractivity contribution in [3.05, 3.63) is 78.4 Å². The van der Waals surface area contributed by atoms with Crippen LogP contribution >= 0.6 is 0 Å². The first-order chi connectivity index (χ1) is 14.9. The van der Waals surface area contributed by atoms with Crippen molar-refractivity contribution < 1.29 is 18.0 Å². The van der Waals surface area contributed by atoms with Crippen LogP contribution in [0.1, 0.15) is 28.8 Å². The highest BCUT2D eigenvalue weighted by Gasteiger charge is 2.31. The lowest BCUT2D eigenvalue weighted by molar-refractivity contribution is -0.120. The molecule has 0 saturated carbocycles. The van der Waals surface area contributed by atoms with Crippen LogP contribution in [-0.2, 0) is 20.6 Å². The van der Waals surface area contributed by atoms with Gasteiger partial charge in [0, 0.05) is 25.6 Å². The third kappa shape index (κ3) is 6.02. The summed E-state index contributed by atoms with van der Waals surface area (Å²) in [5.41, 5.74) is 1.56. The molecule has 8 heteroatoms. The Morgan fingerprint density at radius 2 is 1.68 bits per heavy atom. The Kier molecular flexibility index (Phi) is 7.59. The molecule has 0 bridgehead atoms. The summed E-state index contributed by atoms with van der Waals surface area (Å²) in [7, 11) is -3.43. The first kappa shape index (κ1) is 22.7. The molecule has 31 heavy (non-hydrogen) atoms. The average molecular weight is 442 g/mol. The molecule has 1 aliphatic heterocycles. The number of carbonyl (C=O) groups excluding carboxylic acids is 2. The van der Waals surface area contributed by atoms with E-state index >= 15 is 0 Å². The number of sulfonamides is 1. The second-order valence-electron chi connectivity index (χ2n) is 7.45. The molecular weight excluding hydrogens is 414 g/mol. The minimum atomic E-state index is -3.43. The minimum absolute atomic E-state index is 0.0438. The Balaban J connectivity index is 1.59. The predicted octanol–water partition coefficient (Wildman–Crippen LogP) is 2.78. The van der Waals surface area contributed by atoms with Crippen LogP contribution in [0.15, 0.2) is 67.3 Å². The maximum Gasteiger partial charge on any atom is 0.253 e. The first-order valence-corrected chi connectivity index (χ1v) is 11.8. The average Bonchev–Trinajstić information content (AvgIpc) is 2.78. The number of nitrogens with zero attached hydrogens (tertiary/aromatic N) is 1. The smallest absolute Gasteiger partial charge is 0.253 e. The van der Waals surface area contributed by atoms with Gasteiger partial charge in [0.15, 0.2) is 0 Å². The molecule has 2 amide bonds. The number of hydrogen-bond donors (Lipinski definition) is 2. The highest BCUT2D eigenvalue weighted by molar-refractivity contribution is 7.88.